The minimum atomic E-state index is 0.139. The molecular weight excluding hydrogens is 362 g/mol. The maximum atomic E-state index is 8.91. The Morgan fingerprint density at radius 1 is 1.44 bits per heavy atom. The summed E-state index contributed by atoms with van der Waals surface area (Å²) in [4.78, 5) is 1.95. The molecule has 8 heteroatoms. The lowest BCUT2D eigenvalue weighted by Crippen LogP contribution is -2.40. The zero-order valence-electron chi connectivity index (χ0n) is 14.4. The molecule has 1 atom stereocenters. The number of anilines is 1. The van der Waals surface area contributed by atoms with Crippen molar-refractivity contribution in [2.45, 2.75) is 25.4 Å². The lowest BCUT2D eigenvalue weighted by atomic mass is 10.2. The zero-order chi connectivity index (χ0) is 18.2. The molecule has 0 spiro atoms. The number of nitrogens with one attached hydrogen (secondary N) is 1. The summed E-state index contributed by atoms with van der Waals surface area (Å²) in [6.45, 7) is 1.97. The van der Waals surface area contributed by atoms with E-state index in [1.54, 1.807) is 26.4 Å². The highest BCUT2D eigenvalue weighted by Crippen LogP contribution is 2.36. The molecule has 1 aliphatic heterocycles. The molecule has 1 aliphatic rings. The second-order valence-electron chi connectivity index (χ2n) is 5.61. The van der Waals surface area contributed by atoms with Gasteiger partial charge in [-0.05, 0) is 25.1 Å². The van der Waals surface area contributed by atoms with Crippen molar-refractivity contribution in [3.05, 3.63) is 17.2 Å². The van der Waals surface area contributed by atoms with Crippen molar-refractivity contribution in [1.82, 2.24) is 4.90 Å². The van der Waals surface area contributed by atoms with Crippen LogP contribution in [0.15, 0.2) is 12.1 Å². The standard InChI is InChI=1S/C17H22ClN3O3S/c1-22-15-10-14(16(23-2)9-13(15)18)20-17(25)21(7-4-6-19)11-12-5-3-8-24-12/h9-10,12H,3-5,7-8,11H2,1-2H3,(H,20,25). The number of thiocarbonyl (C=S) groups is 1. The summed E-state index contributed by atoms with van der Waals surface area (Å²) in [6, 6.07) is 5.57. The van der Waals surface area contributed by atoms with Crippen molar-refractivity contribution < 1.29 is 14.2 Å². The SMILES string of the molecule is COc1cc(NC(=S)N(CCC#N)CC2CCCO2)c(OC)cc1Cl. The molecule has 1 heterocycles. The van der Waals surface area contributed by atoms with Crippen LogP contribution in [0.5, 0.6) is 11.5 Å². The van der Waals surface area contributed by atoms with Crippen molar-refractivity contribution in [3.63, 3.8) is 0 Å². The average molecular weight is 384 g/mol. The van der Waals surface area contributed by atoms with E-state index >= 15 is 0 Å². The van der Waals surface area contributed by atoms with E-state index in [4.69, 9.17) is 43.3 Å². The third kappa shape index (κ3) is 5.36. The van der Waals surface area contributed by atoms with Gasteiger partial charge in [0.15, 0.2) is 5.11 Å². The molecule has 6 nitrogen and oxygen atoms in total. The Hall–Kier alpha value is -1.75. The number of nitriles is 1. The van der Waals surface area contributed by atoms with Gasteiger partial charge in [-0.1, -0.05) is 11.6 Å². The molecule has 136 valence electrons. The Morgan fingerprint density at radius 3 is 2.80 bits per heavy atom. The van der Waals surface area contributed by atoms with Crippen molar-refractivity contribution >= 4 is 34.6 Å². The van der Waals surface area contributed by atoms with Crippen molar-refractivity contribution in [2.75, 3.05) is 39.2 Å². The Bertz CT molecular complexity index is 645. The molecule has 0 saturated carbocycles. The lowest BCUT2D eigenvalue weighted by Gasteiger charge is -2.28. The first-order valence-electron chi connectivity index (χ1n) is 8.05. The van der Waals surface area contributed by atoms with Crippen LogP contribution in [0.1, 0.15) is 19.3 Å². The first kappa shape index (κ1) is 19.6. The third-order valence-corrected chi connectivity index (χ3v) is 4.60. The third-order valence-electron chi connectivity index (χ3n) is 3.94. The van der Waals surface area contributed by atoms with Gasteiger partial charge in [-0.25, -0.2) is 0 Å². The van der Waals surface area contributed by atoms with E-state index in [9.17, 15) is 0 Å². The normalized spacial score (nSPS) is 16.2. The second kappa shape index (κ2) is 9.66. The monoisotopic (exact) mass is 383 g/mol. The first-order valence-corrected chi connectivity index (χ1v) is 8.83. The molecule has 25 heavy (non-hydrogen) atoms. The van der Waals surface area contributed by atoms with Gasteiger partial charge in [0.1, 0.15) is 11.5 Å². The van der Waals surface area contributed by atoms with E-state index in [-0.39, 0.29) is 6.10 Å². The summed E-state index contributed by atoms with van der Waals surface area (Å²) in [5.41, 5.74) is 0.656. The van der Waals surface area contributed by atoms with Crippen LogP contribution >= 0.6 is 23.8 Å². The summed E-state index contributed by atoms with van der Waals surface area (Å²) >= 11 is 11.7. The van der Waals surface area contributed by atoms with E-state index in [1.807, 2.05) is 4.90 Å². The van der Waals surface area contributed by atoms with Crippen LogP contribution in [0.2, 0.25) is 5.02 Å². The minimum Gasteiger partial charge on any atom is -0.495 e. The quantitative estimate of drug-likeness (QED) is 0.723. The van der Waals surface area contributed by atoms with E-state index < -0.39 is 0 Å². The fourth-order valence-electron chi connectivity index (χ4n) is 2.65. The van der Waals surface area contributed by atoms with Gasteiger partial charge >= 0.3 is 0 Å². The van der Waals surface area contributed by atoms with Gasteiger partial charge in [0.2, 0.25) is 0 Å². The molecule has 0 aliphatic carbocycles. The predicted molar refractivity (Wildman–Crippen MR) is 102 cm³/mol. The van der Waals surface area contributed by atoms with Crippen LogP contribution in [-0.2, 0) is 4.74 Å². The minimum absolute atomic E-state index is 0.139. The van der Waals surface area contributed by atoms with Gasteiger partial charge in [-0.15, -0.1) is 0 Å². The average Bonchev–Trinajstić information content (AvgIpc) is 3.12. The highest BCUT2D eigenvalue weighted by molar-refractivity contribution is 7.80. The molecule has 0 radical (unpaired) electrons. The summed E-state index contributed by atoms with van der Waals surface area (Å²) in [6.07, 6.45) is 2.58. The van der Waals surface area contributed by atoms with Crippen molar-refractivity contribution in [2.24, 2.45) is 0 Å². The first-order chi connectivity index (χ1) is 12.1. The van der Waals surface area contributed by atoms with Crippen LogP contribution < -0.4 is 14.8 Å². The Kier molecular flexibility index (Phi) is 7.56. The second-order valence-corrected chi connectivity index (χ2v) is 6.40. The van der Waals surface area contributed by atoms with Crippen LogP contribution in [0.4, 0.5) is 5.69 Å². The van der Waals surface area contributed by atoms with Gasteiger partial charge in [0.25, 0.3) is 0 Å². The van der Waals surface area contributed by atoms with Gasteiger partial charge < -0.3 is 24.4 Å². The summed E-state index contributed by atoms with van der Waals surface area (Å²) < 4.78 is 16.3. The molecular formula is C17H22ClN3O3S. The summed E-state index contributed by atoms with van der Waals surface area (Å²) in [5.74, 6) is 1.08. The van der Waals surface area contributed by atoms with Gasteiger partial charge in [-0.2, -0.15) is 5.26 Å². The molecule has 1 unspecified atom stereocenters. The molecule has 1 fully saturated rings. The van der Waals surface area contributed by atoms with Crippen LogP contribution in [0.25, 0.3) is 0 Å². The van der Waals surface area contributed by atoms with Crippen LogP contribution in [0.3, 0.4) is 0 Å². The molecule has 1 aromatic rings. The number of ether oxygens (including phenoxy) is 3. The number of hydrogen-bond donors (Lipinski definition) is 1. The van der Waals surface area contributed by atoms with Gasteiger partial charge in [0.05, 0.1) is 43.5 Å². The number of hydrogen-bond acceptors (Lipinski definition) is 5. The fraction of sp³-hybridized carbons (Fsp3) is 0.529. The van der Waals surface area contributed by atoms with Gasteiger partial charge in [0, 0.05) is 31.8 Å². The molecule has 1 saturated heterocycles. The van der Waals surface area contributed by atoms with Crippen molar-refractivity contribution in [3.8, 4) is 17.6 Å². The molecule has 2 rings (SSSR count). The number of nitrogens with zero attached hydrogens (tertiary/aromatic N) is 2. The Morgan fingerprint density at radius 2 is 2.20 bits per heavy atom. The number of benzene rings is 1. The number of rotatable bonds is 7. The topological polar surface area (TPSA) is 66.8 Å². The highest BCUT2D eigenvalue weighted by Gasteiger charge is 2.21. The molecule has 1 aromatic carbocycles. The molecule has 0 amide bonds. The Labute approximate surface area is 158 Å². The van der Waals surface area contributed by atoms with E-state index in [0.717, 1.165) is 19.4 Å². The lowest BCUT2D eigenvalue weighted by molar-refractivity contribution is 0.0922. The molecule has 0 bridgehead atoms. The van der Waals surface area contributed by atoms with Crippen molar-refractivity contribution in [1.29, 1.82) is 5.26 Å². The van der Waals surface area contributed by atoms with E-state index in [1.165, 1.54) is 0 Å². The largest absolute Gasteiger partial charge is 0.495 e. The van der Waals surface area contributed by atoms with E-state index in [0.29, 0.717) is 46.8 Å². The van der Waals surface area contributed by atoms with Crippen LogP contribution in [0, 0.1) is 11.3 Å². The maximum Gasteiger partial charge on any atom is 0.173 e. The fourth-order valence-corrected chi connectivity index (χ4v) is 3.15. The molecule has 1 N–H and O–H groups in total. The number of halogens is 1. The highest BCUT2D eigenvalue weighted by atomic mass is 35.5. The Balaban J connectivity index is 2.14. The summed E-state index contributed by atoms with van der Waals surface area (Å²) in [5, 5.41) is 13.0. The van der Waals surface area contributed by atoms with E-state index in [2.05, 4.69) is 11.4 Å². The maximum absolute atomic E-state index is 8.91. The smallest absolute Gasteiger partial charge is 0.173 e. The summed E-state index contributed by atoms with van der Waals surface area (Å²) in [7, 11) is 3.11. The zero-order valence-corrected chi connectivity index (χ0v) is 16.0. The predicted octanol–water partition coefficient (Wildman–Crippen LogP) is 3.45. The number of methoxy groups -OCH3 is 2. The van der Waals surface area contributed by atoms with Gasteiger partial charge in [-0.3, -0.25) is 0 Å². The van der Waals surface area contributed by atoms with Crippen LogP contribution in [-0.4, -0.2) is 50.0 Å². The molecule has 0 aromatic heterocycles.